The van der Waals surface area contributed by atoms with E-state index in [0.717, 1.165) is 6.54 Å². The topological polar surface area (TPSA) is 21.1 Å². The van der Waals surface area contributed by atoms with Crippen molar-refractivity contribution < 1.29 is 0 Å². The molecule has 0 saturated carbocycles. The van der Waals surface area contributed by atoms with E-state index in [2.05, 4.69) is 58.8 Å². The first-order valence-corrected chi connectivity index (χ1v) is 9.15. The number of aromatic nitrogens is 2. The number of nitrogens with zero attached hydrogens (tertiary/aromatic N) is 3. The summed E-state index contributed by atoms with van der Waals surface area (Å²) >= 11 is 0. The van der Waals surface area contributed by atoms with Gasteiger partial charge in [-0.15, -0.1) is 0 Å². The van der Waals surface area contributed by atoms with E-state index in [-0.39, 0.29) is 0 Å². The van der Waals surface area contributed by atoms with Gasteiger partial charge in [0, 0.05) is 48.7 Å². The number of benzene rings is 1. The zero-order chi connectivity index (χ0) is 17.0. The molecule has 2 aromatic heterocycles. The second-order valence-electron chi connectivity index (χ2n) is 7.53. The van der Waals surface area contributed by atoms with Crippen LogP contribution in [0.4, 0.5) is 0 Å². The fraction of sp³-hybridized carbons (Fsp3) is 0.318. The van der Waals surface area contributed by atoms with E-state index in [1.165, 1.54) is 52.8 Å². The molecule has 2 bridgehead atoms. The molecule has 3 aromatic rings. The first kappa shape index (κ1) is 14.9. The lowest BCUT2D eigenvalue weighted by Gasteiger charge is -2.24. The van der Waals surface area contributed by atoms with E-state index in [1.807, 2.05) is 18.5 Å². The van der Waals surface area contributed by atoms with Gasteiger partial charge >= 0.3 is 0 Å². The van der Waals surface area contributed by atoms with Gasteiger partial charge in [-0.1, -0.05) is 17.7 Å². The van der Waals surface area contributed by atoms with Crippen LogP contribution in [0.25, 0.3) is 22.7 Å². The minimum absolute atomic E-state index is 0.696. The van der Waals surface area contributed by atoms with Crippen LogP contribution in [0.3, 0.4) is 0 Å². The number of pyridine rings is 1. The van der Waals surface area contributed by atoms with E-state index in [9.17, 15) is 0 Å². The highest BCUT2D eigenvalue weighted by molar-refractivity contribution is 5.91. The maximum absolute atomic E-state index is 4.27. The van der Waals surface area contributed by atoms with Crippen molar-refractivity contribution >= 4 is 22.7 Å². The maximum Gasteiger partial charge on any atom is 0.0529 e. The smallest absolute Gasteiger partial charge is 0.0529 e. The van der Waals surface area contributed by atoms with Gasteiger partial charge in [0.2, 0.25) is 0 Å². The van der Waals surface area contributed by atoms with Gasteiger partial charge in [-0.2, -0.15) is 0 Å². The standard InChI is InChI=1S/C22H23N3/c1-15-5-6-20-19(10-15)22-18-7-9-24(13-18)14-21(22)25(20)12-16(2)17-4-3-8-23-11-17/h3-6,8,10-12,18H,7,9,13-14H2,1-2H3. The SMILES string of the molecule is CC(=Cn1c2c(c3cc(C)ccc31)C1CCN(C2)C1)c1cccnc1. The number of rotatable bonds is 2. The molecule has 4 heterocycles. The van der Waals surface area contributed by atoms with Crippen LogP contribution in [0.5, 0.6) is 0 Å². The Bertz CT molecular complexity index is 981. The summed E-state index contributed by atoms with van der Waals surface area (Å²) in [7, 11) is 0. The summed E-state index contributed by atoms with van der Waals surface area (Å²) in [6, 6.07) is 11.0. The molecule has 5 rings (SSSR count). The fourth-order valence-corrected chi connectivity index (χ4v) is 4.56. The van der Waals surface area contributed by atoms with Crippen LogP contribution in [0.1, 0.15) is 41.6 Å². The zero-order valence-electron chi connectivity index (χ0n) is 14.9. The Morgan fingerprint density at radius 3 is 3.04 bits per heavy atom. The molecule has 3 heteroatoms. The van der Waals surface area contributed by atoms with Crippen LogP contribution in [0.15, 0.2) is 42.7 Å². The van der Waals surface area contributed by atoms with Crippen molar-refractivity contribution in [2.24, 2.45) is 0 Å². The van der Waals surface area contributed by atoms with Crippen molar-refractivity contribution in [3.05, 3.63) is 65.1 Å². The van der Waals surface area contributed by atoms with Gasteiger partial charge in [0.25, 0.3) is 0 Å². The Balaban J connectivity index is 1.75. The first-order chi connectivity index (χ1) is 12.2. The normalized spacial score (nSPS) is 22.4. The summed E-state index contributed by atoms with van der Waals surface area (Å²) in [5, 5.41) is 1.46. The summed E-state index contributed by atoms with van der Waals surface area (Å²) < 4.78 is 2.44. The number of aryl methyl sites for hydroxylation is 1. The molecule has 0 amide bonds. The highest BCUT2D eigenvalue weighted by Gasteiger charge is 2.35. The van der Waals surface area contributed by atoms with Gasteiger partial charge < -0.3 is 4.57 Å². The van der Waals surface area contributed by atoms with Gasteiger partial charge in [-0.3, -0.25) is 9.88 Å². The van der Waals surface area contributed by atoms with E-state index in [4.69, 9.17) is 0 Å². The molecule has 2 aliphatic heterocycles. The van der Waals surface area contributed by atoms with Crippen molar-refractivity contribution in [2.45, 2.75) is 32.7 Å². The lowest BCUT2D eigenvalue weighted by atomic mass is 9.93. The van der Waals surface area contributed by atoms with Crippen molar-refractivity contribution in [1.29, 1.82) is 0 Å². The molecule has 1 saturated heterocycles. The third kappa shape index (κ3) is 2.34. The van der Waals surface area contributed by atoms with Gasteiger partial charge in [0.15, 0.2) is 0 Å². The van der Waals surface area contributed by atoms with Crippen LogP contribution in [0, 0.1) is 6.92 Å². The highest BCUT2D eigenvalue weighted by Crippen LogP contribution is 2.42. The van der Waals surface area contributed by atoms with Crippen LogP contribution in [0.2, 0.25) is 0 Å². The predicted molar refractivity (Wildman–Crippen MR) is 103 cm³/mol. The molecule has 0 N–H and O–H groups in total. The lowest BCUT2D eigenvalue weighted by molar-refractivity contribution is 0.308. The maximum atomic E-state index is 4.27. The molecule has 0 spiro atoms. The molecule has 2 unspecified atom stereocenters. The zero-order valence-corrected chi connectivity index (χ0v) is 14.9. The largest absolute Gasteiger partial charge is 0.318 e. The minimum atomic E-state index is 0.696. The molecule has 126 valence electrons. The number of allylic oxidation sites excluding steroid dienone is 1. The number of hydrogen-bond donors (Lipinski definition) is 0. The van der Waals surface area contributed by atoms with Crippen LogP contribution < -0.4 is 0 Å². The Hall–Kier alpha value is -2.39. The van der Waals surface area contributed by atoms with E-state index in [1.54, 1.807) is 5.56 Å². The molecule has 0 radical (unpaired) electrons. The summed E-state index contributed by atoms with van der Waals surface area (Å²) in [5.41, 5.74) is 8.21. The average molecular weight is 329 g/mol. The van der Waals surface area contributed by atoms with Gasteiger partial charge in [-0.05, 0) is 61.7 Å². The Labute approximate surface area is 148 Å². The lowest BCUT2D eigenvalue weighted by Crippen LogP contribution is -2.25. The predicted octanol–water partition coefficient (Wildman–Crippen LogP) is 4.67. The molecule has 25 heavy (non-hydrogen) atoms. The first-order valence-electron chi connectivity index (χ1n) is 9.15. The second kappa shape index (κ2) is 5.57. The minimum Gasteiger partial charge on any atom is -0.318 e. The summed E-state index contributed by atoms with van der Waals surface area (Å²) in [6.07, 6.45) is 7.38. The summed E-state index contributed by atoms with van der Waals surface area (Å²) in [6.45, 7) is 7.91. The quantitative estimate of drug-likeness (QED) is 0.681. The Morgan fingerprint density at radius 1 is 1.28 bits per heavy atom. The van der Waals surface area contributed by atoms with Crippen LogP contribution in [-0.4, -0.2) is 27.5 Å². The van der Waals surface area contributed by atoms with Gasteiger partial charge in [0.1, 0.15) is 0 Å². The number of fused-ring (bicyclic) bond motifs is 6. The third-order valence-electron chi connectivity index (χ3n) is 5.80. The molecule has 3 nitrogen and oxygen atoms in total. The van der Waals surface area contributed by atoms with E-state index in [0.29, 0.717) is 5.92 Å². The highest BCUT2D eigenvalue weighted by atomic mass is 15.2. The Kier molecular flexibility index (Phi) is 3.32. The average Bonchev–Trinajstić information content (AvgIpc) is 3.15. The number of hydrogen-bond acceptors (Lipinski definition) is 2. The molecule has 2 aliphatic rings. The Morgan fingerprint density at radius 2 is 2.20 bits per heavy atom. The monoisotopic (exact) mass is 329 g/mol. The molecular formula is C22H23N3. The molecule has 0 aliphatic carbocycles. The van der Waals surface area contributed by atoms with Gasteiger partial charge in [0.05, 0.1) is 5.52 Å². The molecular weight excluding hydrogens is 306 g/mol. The molecule has 1 aromatic carbocycles. The van der Waals surface area contributed by atoms with Crippen molar-refractivity contribution in [3.63, 3.8) is 0 Å². The molecule has 1 fully saturated rings. The summed E-state index contributed by atoms with van der Waals surface area (Å²) in [4.78, 5) is 6.87. The van der Waals surface area contributed by atoms with E-state index < -0.39 is 0 Å². The van der Waals surface area contributed by atoms with Crippen molar-refractivity contribution in [2.75, 3.05) is 13.1 Å². The summed E-state index contributed by atoms with van der Waals surface area (Å²) in [5.74, 6) is 0.696. The van der Waals surface area contributed by atoms with Crippen molar-refractivity contribution in [3.8, 4) is 0 Å². The van der Waals surface area contributed by atoms with Gasteiger partial charge in [-0.25, -0.2) is 0 Å². The van der Waals surface area contributed by atoms with Crippen LogP contribution >= 0.6 is 0 Å². The van der Waals surface area contributed by atoms with E-state index >= 15 is 0 Å². The second-order valence-corrected chi connectivity index (χ2v) is 7.53. The van der Waals surface area contributed by atoms with Crippen LogP contribution in [-0.2, 0) is 6.54 Å². The molecule has 2 atom stereocenters. The fourth-order valence-electron chi connectivity index (χ4n) is 4.56. The van der Waals surface area contributed by atoms with Crippen molar-refractivity contribution in [1.82, 2.24) is 14.5 Å². The third-order valence-corrected chi connectivity index (χ3v) is 5.80.